The lowest BCUT2D eigenvalue weighted by molar-refractivity contribution is -0.148. The summed E-state index contributed by atoms with van der Waals surface area (Å²) >= 11 is 0. The van der Waals surface area contributed by atoms with Crippen LogP contribution in [0.15, 0.2) is 127 Å². The maximum absolute atomic E-state index is 13.0. The molecule has 3 amide bonds. The molecule has 5 aromatic carbocycles. The van der Waals surface area contributed by atoms with Gasteiger partial charge in [0, 0.05) is 118 Å². The third kappa shape index (κ3) is 31.6. The number of hydrogen-bond donors (Lipinski definition) is 5. The molecule has 0 radical (unpaired) electrons. The number of esters is 1. The van der Waals surface area contributed by atoms with Crippen LogP contribution in [0.4, 0.5) is 26.7 Å². The highest BCUT2D eigenvalue weighted by atomic mass is 31.0. The number of ketones is 2. The Morgan fingerprint density at radius 3 is 1.69 bits per heavy atom. The molecule has 1 saturated heterocycles. The number of amides is 3. The van der Waals surface area contributed by atoms with Gasteiger partial charge < -0.3 is 54.4 Å². The third-order valence-corrected chi connectivity index (χ3v) is 13.5. The van der Waals surface area contributed by atoms with Crippen molar-refractivity contribution in [3.63, 3.8) is 0 Å². The maximum Gasteiger partial charge on any atom is 0.410 e. The van der Waals surface area contributed by atoms with Crippen LogP contribution in [-0.2, 0) is 28.4 Å². The molecule has 89 heavy (non-hydrogen) atoms. The van der Waals surface area contributed by atoms with Crippen LogP contribution in [0.1, 0.15) is 122 Å². The Balaban J connectivity index is 0.000000377. The van der Waals surface area contributed by atoms with Crippen molar-refractivity contribution in [2.45, 2.75) is 90.3 Å². The second kappa shape index (κ2) is 42.6. The summed E-state index contributed by atoms with van der Waals surface area (Å²) in [6, 6.07) is 29.3. The third-order valence-electron chi connectivity index (χ3n) is 13.2. The number of hydrogen-bond acceptors (Lipinski definition) is 14. The predicted octanol–water partition coefficient (Wildman–Crippen LogP) is 10.1. The van der Waals surface area contributed by atoms with E-state index in [2.05, 4.69) is 19.5 Å². The van der Waals surface area contributed by atoms with E-state index in [1.165, 1.54) is 96.9 Å². The van der Waals surface area contributed by atoms with E-state index < -0.39 is 29.4 Å². The fourth-order valence-corrected chi connectivity index (χ4v) is 8.38. The molecular formula is C66H86F5N4O13P. The highest BCUT2D eigenvalue weighted by molar-refractivity contribution is 7.09. The van der Waals surface area contributed by atoms with E-state index in [9.17, 15) is 60.9 Å². The minimum atomic E-state index is -0.584. The number of benzene rings is 5. The van der Waals surface area contributed by atoms with Crippen LogP contribution in [0.3, 0.4) is 0 Å². The van der Waals surface area contributed by atoms with Gasteiger partial charge >= 0.3 is 12.1 Å². The van der Waals surface area contributed by atoms with Crippen molar-refractivity contribution in [1.82, 2.24) is 20.0 Å². The summed E-state index contributed by atoms with van der Waals surface area (Å²) in [5.74, 6) is -2.60. The standard InChI is InChI=1S/C17H24FNO3.C15H18FNO4.C12H12FNO.C10H12FNO.C9H12FO2P.C3H8O2/c1-17(2,3)22-16(21)19-9-8-15(13(10-19)11-20)12-4-6-14(18)7-5-12;1-3-21-15(20)10-14(19)17(2)9-8-13(18)11-4-6-12(16)7-5-11;1-14-7-6-10(8-12(14)15)9-2-4-11(13)5-3-9;1-12-7-6-10(13)8-2-4-9(11)5-3-8;10-8-3-1-7(2-4-8)9(11)5-6-12-13;4-2-1-3-5/h4-7,13,15,20H,8-11H2,1-3H3;4-7H,3,8-10H2,1-2H3;2-5,8H,6-7H2,1H3;2-5,12H,6-7H2,1H3;1-4,9,11H,5-6,13H2;4-5H,1-3H2/t13-,15-;;;;;/m0...../s1. The highest BCUT2D eigenvalue weighted by Crippen LogP contribution is 2.34. The second-order valence-corrected chi connectivity index (χ2v) is 21.6. The Labute approximate surface area is 521 Å². The Morgan fingerprint density at radius 2 is 1.24 bits per heavy atom. The number of aliphatic hydroxyl groups is 4. The zero-order valence-corrected chi connectivity index (χ0v) is 52.8. The molecule has 2 heterocycles. The molecular weight excluding hydrogens is 1180 g/mol. The molecule has 488 valence electrons. The summed E-state index contributed by atoms with van der Waals surface area (Å²) in [7, 11) is 7.20. The van der Waals surface area contributed by atoms with E-state index in [1.54, 1.807) is 73.3 Å². The molecule has 0 aromatic heterocycles. The average Bonchev–Trinajstić information content (AvgIpc) is 3.51. The summed E-state index contributed by atoms with van der Waals surface area (Å²) in [4.78, 5) is 74.2. The first kappa shape index (κ1) is 77.8. The van der Waals surface area contributed by atoms with Gasteiger partial charge in [-0.05, 0) is 167 Å². The zero-order chi connectivity index (χ0) is 66.5. The van der Waals surface area contributed by atoms with Gasteiger partial charge in [-0.1, -0.05) is 36.4 Å². The van der Waals surface area contributed by atoms with Gasteiger partial charge in [-0.25, -0.2) is 26.7 Å². The number of likely N-dealkylation sites (tertiary alicyclic amines) is 1. The highest BCUT2D eigenvalue weighted by Gasteiger charge is 2.34. The van der Waals surface area contributed by atoms with Gasteiger partial charge in [0.05, 0.1) is 19.3 Å². The van der Waals surface area contributed by atoms with Crippen molar-refractivity contribution >= 4 is 50.5 Å². The number of carbonyl (C=O) groups excluding carboxylic acids is 6. The van der Waals surface area contributed by atoms with Gasteiger partial charge in [0.2, 0.25) is 11.8 Å². The quantitative estimate of drug-likeness (QED) is 0.0160. The lowest BCUT2D eigenvalue weighted by atomic mass is 9.81. The van der Waals surface area contributed by atoms with Crippen LogP contribution in [0.5, 0.6) is 0 Å². The molecule has 4 atom stereocenters. The zero-order valence-electron chi connectivity index (χ0n) is 51.6. The first-order chi connectivity index (χ1) is 42.3. The molecule has 0 saturated carbocycles. The van der Waals surface area contributed by atoms with E-state index in [1.807, 2.05) is 20.8 Å². The van der Waals surface area contributed by atoms with E-state index >= 15 is 0 Å². The molecule has 2 aliphatic heterocycles. The topological polar surface area (TPSA) is 233 Å². The summed E-state index contributed by atoms with van der Waals surface area (Å²) in [6.45, 7) is 10.6. The summed E-state index contributed by atoms with van der Waals surface area (Å²) in [6.07, 6.45) is 3.48. The Morgan fingerprint density at radius 1 is 0.742 bits per heavy atom. The van der Waals surface area contributed by atoms with Gasteiger partial charge in [-0.3, -0.25) is 24.0 Å². The van der Waals surface area contributed by atoms with Crippen molar-refractivity contribution in [2.75, 3.05) is 86.9 Å². The molecule has 0 aliphatic carbocycles. The first-order valence-electron chi connectivity index (χ1n) is 28.9. The molecule has 0 spiro atoms. The first-order valence-corrected chi connectivity index (χ1v) is 29.4. The van der Waals surface area contributed by atoms with Gasteiger partial charge in [0.25, 0.3) is 0 Å². The molecule has 7 rings (SSSR count). The SMILES string of the molecule is CC(C)(C)OC(=O)N1CC[C@@H](c2ccc(F)cc2)[C@H](CO)C1.CCOC(=O)CC(=O)N(C)CCC(=O)c1ccc(F)cc1.CN1CCC(c2ccc(F)cc2)=CC1=O.CNCCC(=O)c1ccc(F)cc1.OC(CCOP)c1ccc(F)cc1.OCCCO. The Hall–Kier alpha value is -7.30. The van der Waals surface area contributed by atoms with Crippen LogP contribution in [0.2, 0.25) is 0 Å². The van der Waals surface area contributed by atoms with E-state index in [0.717, 1.165) is 36.1 Å². The Kier molecular flexibility index (Phi) is 37.2. The van der Waals surface area contributed by atoms with Gasteiger partial charge in [0.1, 0.15) is 41.1 Å². The average molecular weight is 1270 g/mol. The molecule has 0 bridgehead atoms. The maximum atomic E-state index is 13.0. The number of nitrogens with one attached hydrogen (secondary N) is 1. The number of likely N-dealkylation sites (N-methyl/N-ethyl adjacent to an activating group) is 1. The summed E-state index contributed by atoms with van der Waals surface area (Å²) < 4.78 is 78.3. The normalized spacial score (nSPS) is 14.5. The number of carbonyl (C=O) groups is 6. The molecule has 2 aliphatic rings. The number of aliphatic hydroxyl groups excluding tert-OH is 4. The summed E-state index contributed by atoms with van der Waals surface area (Å²) in [5.41, 5.74) is 4.06. The molecule has 1 fully saturated rings. The largest absolute Gasteiger partial charge is 0.466 e. The lowest BCUT2D eigenvalue weighted by Gasteiger charge is -2.38. The number of piperidine rings is 1. The number of nitrogens with zero attached hydrogens (tertiary/aromatic N) is 3. The smallest absolute Gasteiger partial charge is 0.410 e. The van der Waals surface area contributed by atoms with Gasteiger partial charge in [0.15, 0.2) is 11.6 Å². The van der Waals surface area contributed by atoms with E-state index in [4.69, 9.17) is 19.5 Å². The fraction of sp³-hybridized carbons (Fsp3) is 0.424. The Bertz CT molecular complexity index is 2920. The van der Waals surface area contributed by atoms with Crippen LogP contribution in [-0.4, -0.2) is 163 Å². The van der Waals surface area contributed by atoms with E-state index in [-0.39, 0.29) is 104 Å². The van der Waals surface area contributed by atoms with E-state index in [0.29, 0.717) is 62.2 Å². The molecule has 17 nitrogen and oxygen atoms in total. The van der Waals surface area contributed by atoms with Crippen molar-refractivity contribution in [3.8, 4) is 0 Å². The lowest BCUT2D eigenvalue weighted by Crippen LogP contribution is -2.46. The van der Waals surface area contributed by atoms with Crippen LogP contribution < -0.4 is 5.32 Å². The molecule has 23 heteroatoms. The molecule has 5 aromatic rings. The minimum Gasteiger partial charge on any atom is -0.466 e. The number of halogens is 5. The van der Waals surface area contributed by atoms with Crippen LogP contribution in [0.25, 0.3) is 5.57 Å². The number of ether oxygens (including phenoxy) is 2. The molecule has 5 N–H and O–H groups in total. The number of Topliss-reactive ketones (excluding diaryl/α,β-unsaturated/α-hetero) is 2. The van der Waals surface area contributed by atoms with Crippen LogP contribution in [0, 0.1) is 35.0 Å². The summed E-state index contributed by atoms with van der Waals surface area (Å²) in [5, 5.41) is 37.9. The fourth-order valence-electron chi connectivity index (χ4n) is 8.24. The minimum absolute atomic E-state index is 0.0126. The van der Waals surface area contributed by atoms with Crippen molar-refractivity contribution in [1.29, 1.82) is 0 Å². The second-order valence-electron chi connectivity index (χ2n) is 21.3. The van der Waals surface area contributed by atoms with Gasteiger partial charge in [-0.15, -0.1) is 0 Å². The van der Waals surface area contributed by atoms with Crippen molar-refractivity contribution in [2.24, 2.45) is 5.92 Å². The monoisotopic (exact) mass is 1270 g/mol. The van der Waals surface area contributed by atoms with Gasteiger partial charge in [-0.2, -0.15) is 0 Å². The number of rotatable bonds is 20. The predicted molar refractivity (Wildman–Crippen MR) is 333 cm³/mol. The van der Waals surface area contributed by atoms with Crippen molar-refractivity contribution < 1.29 is 85.1 Å². The van der Waals surface area contributed by atoms with Crippen molar-refractivity contribution in [3.05, 3.63) is 184 Å². The molecule has 2 unspecified atom stereocenters. The van der Waals surface area contributed by atoms with Crippen LogP contribution >= 0.6 is 9.47 Å².